The van der Waals surface area contributed by atoms with Crippen molar-refractivity contribution in [3.05, 3.63) is 41.0 Å². The van der Waals surface area contributed by atoms with Crippen molar-refractivity contribution in [3.63, 3.8) is 0 Å². The number of alkyl halides is 3. The summed E-state index contributed by atoms with van der Waals surface area (Å²) in [5.41, 5.74) is 6.30. The first-order chi connectivity index (χ1) is 8.87. The minimum Gasteiger partial charge on any atom is -0.405 e. The first-order valence-corrected chi connectivity index (χ1v) is 5.92. The van der Waals surface area contributed by atoms with Crippen LogP contribution in [0.4, 0.5) is 19.0 Å². The van der Waals surface area contributed by atoms with Gasteiger partial charge in [0.1, 0.15) is 11.6 Å². The number of hydrogen-bond acceptors (Lipinski definition) is 3. The third-order valence-corrected chi connectivity index (χ3v) is 2.93. The van der Waals surface area contributed by atoms with E-state index in [9.17, 15) is 13.2 Å². The third-order valence-electron chi connectivity index (χ3n) is 2.29. The van der Waals surface area contributed by atoms with Crippen LogP contribution in [0, 0.1) is 0 Å². The maximum atomic E-state index is 12.3. The Balaban J connectivity index is 2.47. The summed E-state index contributed by atoms with van der Waals surface area (Å²) in [6, 6.07) is 7.42. The highest BCUT2D eigenvalue weighted by molar-refractivity contribution is 9.10. The van der Waals surface area contributed by atoms with E-state index in [1.807, 2.05) is 0 Å². The standard InChI is InChI=1S/C12H8BrF3N2O/c13-9-5-7(6-18-11(9)17)8-3-1-2-4-10(8)19-12(14,15)16/h1-6H,(H2,17,18). The molecule has 0 aliphatic rings. The van der Waals surface area contributed by atoms with Crippen LogP contribution in [-0.4, -0.2) is 11.3 Å². The molecule has 0 spiro atoms. The van der Waals surface area contributed by atoms with Crippen LogP contribution in [0.1, 0.15) is 0 Å². The van der Waals surface area contributed by atoms with E-state index < -0.39 is 6.36 Å². The lowest BCUT2D eigenvalue weighted by atomic mass is 10.1. The molecule has 19 heavy (non-hydrogen) atoms. The Morgan fingerprint density at radius 2 is 1.89 bits per heavy atom. The van der Waals surface area contributed by atoms with Gasteiger partial charge in [0.05, 0.1) is 4.47 Å². The van der Waals surface area contributed by atoms with E-state index in [1.54, 1.807) is 12.1 Å². The van der Waals surface area contributed by atoms with Crippen molar-refractivity contribution in [2.45, 2.75) is 6.36 Å². The van der Waals surface area contributed by atoms with Gasteiger partial charge in [0.2, 0.25) is 0 Å². The summed E-state index contributed by atoms with van der Waals surface area (Å²) in [5.74, 6) is -0.0218. The van der Waals surface area contributed by atoms with E-state index in [0.29, 0.717) is 10.0 Å². The Morgan fingerprint density at radius 1 is 1.21 bits per heavy atom. The van der Waals surface area contributed by atoms with Gasteiger partial charge < -0.3 is 10.5 Å². The molecule has 0 saturated heterocycles. The van der Waals surface area contributed by atoms with Gasteiger partial charge in [-0.3, -0.25) is 0 Å². The summed E-state index contributed by atoms with van der Waals surface area (Å²) in [5, 5.41) is 0. The second kappa shape index (κ2) is 5.08. The van der Waals surface area contributed by atoms with E-state index in [2.05, 4.69) is 25.7 Å². The smallest absolute Gasteiger partial charge is 0.405 e. The number of benzene rings is 1. The topological polar surface area (TPSA) is 48.1 Å². The molecule has 3 nitrogen and oxygen atoms in total. The highest BCUT2D eigenvalue weighted by atomic mass is 79.9. The molecule has 0 bridgehead atoms. The molecule has 2 N–H and O–H groups in total. The van der Waals surface area contributed by atoms with Gasteiger partial charge in [-0.1, -0.05) is 18.2 Å². The number of halogens is 4. The summed E-state index contributed by atoms with van der Waals surface area (Å²) in [6.45, 7) is 0. The van der Waals surface area contributed by atoms with Crippen LogP contribution in [0.15, 0.2) is 41.0 Å². The number of aromatic nitrogens is 1. The Morgan fingerprint density at radius 3 is 2.53 bits per heavy atom. The molecule has 0 amide bonds. The fraction of sp³-hybridized carbons (Fsp3) is 0.0833. The molecule has 0 fully saturated rings. The third kappa shape index (κ3) is 3.37. The van der Waals surface area contributed by atoms with Crippen molar-refractivity contribution in [2.24, 2.45) is 0 Å². The van der Waals surface area contributed by atoms with Crippen LogP contribution in [-0.2, 0) is 0 Å². The molecule has 0 aliphatic carbocycles. The van der Waals surface area contributed by atoms with E-state index >= 15 is 0 Å². The molecule has 100 valence electrons. The summed E-state index contributed by atoms with van der Waals surface area (Å²) in [4.78, 5) is 3.89. The maximum Gasteiger partial charge on any atom is 0.573 e. The molecule has 1 aromatic heterocycles. The van der Waals surface area contributed by atoms with E-state index in [1.165, 1.54) is 24.4 Å². The summed E-state index contributed by atoms with van der Waals surface area (Å²) in [7, 11) is 0. The number of nitrogens with zero attached hydrogens (tertiary/aromatic N) is 1. The van der Waals surface area contributed by atoms with Crippen LogP contribution in [0.5, 0.6) is 5.75 Å². The van der Waals surface area contributed by atoms with Crippen molar-refractivity contribution in [1.29, 1.82) is 0 Å². The zero-order valence-electron chi connectivity index (χ0n) is 9.41. The zero-order valence-corrected chi connectivity index (χ0v) is 11.0. The number of rotatable bonds is 2. The zero-order chi connectivity index (χ0) is 14.0. The molecule has 1 aromatic carbocycles. The van der Waals surface area contributed by atoms with Gasteiger partial charge in [-0.25, -0.2) is 4.98 Å². The fourth-order valence-electron chi connectivity index (χ4n) is 1.51. The highest BCUT2D eigenvalue weighted by Gasteiger charge is 2.32. The molecule has 0 aliphatic heterocycles. The first kappa shape index (κ1) is 13.7. The minimum atomic E-state index is -4.74. The number of pyridine rings is 1. The van der Waals surface area contributed by atoms with Crippen LogP contribution >= 0.6 is 15.9 Å². The van der Waals surface area contributed by atoms with E-state index in [-0.39, 0.29) is 17.1 Å². The van der Waals surface area contributed by atoms with E-state index in [4.69, 9.17) is 5.73 Å². The highest BCUT2D eigenvalue weighted by Crippen LogP contribution is 2.35. The largest absolute Gasteiger partial charge is 0.573 e. The second-order valence-corrected chi connectivity index (χ2v) is 4.49. The van der Waals surface area contributed by atoms with Crippen molar-refractivity contribution < 1.29 is 17.9 Å². The fourth-order valence-corrected chi connectivity index (χ4v) is 1.86. The molecule has 0 saturated carbocycles. The molecular weight excluding hydrogens is 325 g/mol. The predicted molar refractivity (Wildman–Crippen MR) is 68.5 cm³/mol. The average Bonchev–Trinajstić information content (AvgIpc) is 2.31. The molecular formula is C12H8BrF3N2O. The van der Waals surface area contributed by atoms with Crippen molar-refractivity contribution in [2.75, 3.05) is 5.73 Å². The second-order valence-electron chi connectivity index (χ2n) is 3.64. The van der Waals surface area contributed by atoms with Crippen LogP contribution in [0.3, 0.4) is 0 Å². The number of ether oxygens (including phenoxy) is 1. The number of nitrogens with two attached hydrogens (primary N) is 1. The van der Waals surface area contributed by atoms with Crippen LogP contribution in [0.25, 0.3) is 11.1 Å². The number of anilines is 1. The molecule has 7 heteroatoms. The Kier molecular flexibility index (Phi) is 3.66. The van der Waals surface area contributed by atoms with Crippen molar-refractivity contribution in [1.82, 2.24) is 4.98 Å². The van der Waals surface area contributed by atoms with Gasteiger partial charge >= 0.3 is 6.36 Å². The monoisotopic (exact) mass is 332 g/mol. The van der Waals surface area contributed by atoms with Gasteiger partial charge in [-0.2, -0.15) is 0 Å². The molecule has 1 heterocycles. The molecule has 2 aromatic rings. The summed E-state index contributed by atoms with van der Waals surface area (Å²) >= 11 is 3.18. The van der Waals surface area contributed by atoms with E-state index in [0.717, 1.165) is 0 Å². The lowest BCUT2D eigenvalue weighted by Gasteiger charge is -2.13. The van der Waals surface area contributed by atoms with Crippen molar-refractivity contribution >= 4 is 21.7 Å². The summed E-state index contributed by atoms with van der Waals surface area (Å²) < 4.78 is 41.4. The average molecular weight is 333 g/mol. The van der Waals surface area contributed by atoms with Gasteiger partial charge in [0.25, 0.3) is 0 Å². The number of nitrogen functional groups attached to an aromatic ring is 1. The van der Waals surface area contributed by atoms with Gasteiger partial charge in [0, 0.05) is 17.3 Å². The van der Waals surface area contributed by atoms with Crippen LogP contribution in [0.2, 0.25) is 0 Å². The quantitative estimate of drug-likeness (QED) is 0.904. The van der Waals surface area contributed by atoms with Gasteiger partial charge in [-0.05, 0) is 28.1 Å². The molecule has 0 atom stereocenters. The lowest BCUT2D eigenvalue weighted by Crippen LogP contribution is -2.17. The minimum absolute atomic E-state index is 0.262. The number of hydrogen-bond donors (Lipinski definition) is 1. The first-order valence-electron chi connectivity index (χ1n) is 5.13. The normalized spacial score (nSPS) is 11.4. The molecule has 0 unspecified atom stereocenters. The van der Waals surface area contributed by atoms with Gasteiger partial charge in [0.15, 0.2) is 0 Å². The Hall–Kier alpha value is -1.76. The molecule has 0 radical (unpaired) electrons. The predicted octanol–water partition coefficient (Wildman–Crippen LogP) is 3.99. The Bertz CT molecular complexity index is 602. The SMILES string of the molecule is Nc1ncc(-c2ccccc2OC(F)(F)F)cc1Br. The van der Waals surface area contributed by atoms with Crippen LogP contribution < -0.4 is 10.5 Å². The lowest BCUT2D eigenvalue weighted by molar-refractivity contribution is -0.274. The van der Waals surface area contributed by atoms with Gasteiger partial charge in [-0.15, -0.1) is 13.2 Å². The molecule has 2 rings (SSSR count). The van der Waals surface area contributed by atoms with Crippen molar-refractivity contribution in [3.8, 4) is 16.9 Å². The Labute approximate surface area is 115 Å². The summed E-state index contributed by atoms with van der Waals surface area (Å²) in [6.07, 6.45) is -3.35. The maximum absolute atomic E-state index is 12.3. The number of para-hydroxylation sites is 1.